The fourth-order valence-electron chi connectivity index (χ4n) is 2.39. The second kappa shape index (κ2) is 7.00. The molecule has 8 nitrogen and oxygen atoms in total. The fourth-order valence-corrected chi connectivity index (χ4v) is 2.39. The van der Waals surface area contributed by atoms with Crippen molar-refractivity contribution in [3.05, 3.63) is 58.9 Å². The van der Waals surface area contributed by atoms with Crippen molar-refractivity contribution in [2.45, 2.75) is 12.8 Å². The van der Waals surface area contributed by atoms with Crippen molar-refractivity contribution in [3.63, 3.8) is 0 Å². The number of hydrogen-bond donors (Lipinski definition) is 1. The van der Waals surface area contributed by atoms with Gasteiger partial charge in [0, 0.05) is 24.2 Å². The van der Waals surface area contributed by atoms with Crippen LogP contribution in [0.15, 0.2) is 48.8 Å². The standard InChI is InChI=1S/C17H16N4O4/c18-16(22)2-1-9-25-14-6-3-12(4-7-14)15-11-20-10-13(21(23)24)5-8-17(20)19-15/h3-8,10-11H,1-2,9H2,(H2,18,22). The maximum absolute atomic E-state index is 10.8. The smallest absolute Gasteiger partial charge is 0.286 e. The lowest BCUT2D eigenvalue weighted by Gasteiger charge is -2.05. The Hall–Kier alpha value is -3.42. The minimum atomic E-state index is -0.441. The van der Waals surface area contributed by atoms with Crippen LogP contribution in [0.25, 0.3) is 16.9 Å². The fraction of sp³-hybridized carbons (Fsp3) is 0.176. The average Bonchev–Trinajstić information content (AvgIpc) is 3.02. The molecule has 0 aliphatic rings. The van der Waals surface area contributed by atoms with Gasteiger partial charge >= 0.3 is 0 Å². The van der Waals surface area contributed by atoms with Gasteiger partial charge in [0.15, 0.2) is 0 Å². The molecule has 0 spiro atoms. The lowest BCUT2D eigenvalue weighted by molar-refractivity contribution is -0.385. The highest BCUT2D eigenvalue weighted by molar-refractivity contribution is 5.73. The molecule has 0 bridgehead atoms. The summed E-state index contributed by atoms with van der Waals surface area (Å²) >= 11 is 0. The first kappa shape index (κ1) is 16.4. The van der Waals surface area contributed by atoms with Gasteiger partial charge in [-0.3, -0.25) is 19.3 Å². The molecule has 1 aromatic carbocycles. The van der Waals surface area contributed by atoms with Crippen LogP contribution in [0.3, 0.4) is 0 Å². The van der Waals surface area contributed by atoms with Crippen LogP contribution in [-0.2, 0) is 4.79 Å². The molecule has 0 atom stereocenters. The molecule has 0 radical (unpaired) electrons. The summed E-state index contributed by atoms with van der Waals surface area (Å²) in [7, 11) is 0. The minimum absolute atomic E-state index is 0.0103. The molecule has 0 aliphatic heterocycles. The Labute approximate surface area is 143 Å². The Kier molecular flexibility index (Phi) is 4.60. The van der Waals surface area contributed by atoms with Crippen molar-refractivity contribution < 1.29 is 14.5 Å². The van der Waals surface area contributed by atoms with Gasteiger partial charge in [-0.15, -0.1) is 0 Å². The van der Waals surface area contributed by atoms with E-state index in [4.69, 9.17) is 10.5 Å². The topological polar surface area (TPSA) is 113 Å². The summed E-state index contributed by atoms with van der Waals surface area (Å²) in [5.74, 6) is 0.346. The predicted octanol–water partition coefficient (Wildman–Crippen LogP) is 2.55. The van der Waals surface area contributed by atoms with E-state index in [0.717, 1.165) is 5.56 Å². The molecular weight excluding hydrogens is 324 g/mol. The normalized spacial score (nSPS) is 10.7. The largest absolute Gasteiger partial charge is 0.494 e. The minimum Gasteiger partial charge on any atom is -0.494 e. The van der Waals surface area contributed by atoms with E-state index in [0.29, 0.717) is 36.5 Å². The zero-order valence-electron chi connectivity index (χ0n) is 13.3. The number of fused-ring (bicyclic) bond motifs is 1. The highest BCUT2D eigenvalue weighted by Gasteiger charge is 2.09. The highest BCUT2D eigenvalue weighted by atomic mass is 16.6. The van der Waals surface area contributed by atoms with Crippen molar-refractivity contribution in [2.75, 3.05) is 6.61 Å². The predicted molar refractivity (Wildman–Crippen MR) is 91.2 cm³/mol. The molecule has 2 heterocycles. The van der Waals surface area contributed by atoms with Crippen LogP contribution < -0.4 is 10.5 Å². The lowest BCUT2D eigenvalue weighted by Crippen LogP contribution is -2.11. The number of rotatable bonds is 7. The molecule has 0 aliphatic carbocycles. The molecule has 3 aromatic rings. The molecule has 2 N–H and O–H groups in total. The number of aromatic nitrogens is 2. The second-order valence-electron chi connectivity index (χ2n) is 5.48. The number of carbonyl (C=O) groups is 1. The van der Waals surface area contributed by atoms with Gasteiger partial charge in [0.05, 0.1) is 23.4 Å². The van der Waals surface area contributed by atoms with Gasteiger partial charge in [-0.2, -0.15) is 0 Å². The van der Waals surface area contributed by atoms with Crippen LogP contribution in [0.2, 0.25) is 0 Å². The van der Waals surface area contributed by atoms with Crippen molar-refractivity contribution in [1.29, 1.82) is 0 Å². The molecule has 0 saturated carbocycles. The van der Waals surface area contributed by atoms with Crippen molar-refractivity contribution in [2.24, 2.45) is 5.73 Å². The van der Waals surface area contributed by atoms with Gasteiger partial charge in [-0.25, -0.2) is 4.98 Å². The number of imidazole rings is 1. The van der Waals surface area contributed by atoms with Crippen molar-refractivity contribution in [1.82, 2.24) is 9.38 Å². The second-order valence-corrected chi connectivity index (χ2v) is 5.48. The van der Waals surface area contributed by atoms with E-state index in [2.05, 4.69) is 4.98 Å². The summed E-state index contributed by atoms with van der Waals surface area (Å²) in [5, 5.41) is 10.8. The lowest BCUT2D eigenvalue weighted by atomic mass is 10.1. The van der Waals surface area contributed by atoms with Gasteiger partial charge in [0.1, 0.15) is 11.4 Å². The summed E-state index contributed by atoms with van der Waals surface area (Å²) in [4.78, 5) is 25.5. The number of nitro groups is 1. The molecule has 128 valence electrons. The van der Waals surface area contributed by atoms with Gasteiger partial charge in [-0.05, 0) is 36.8 Å². The molecule has 0 fully saturated rings. The van der Waals surface area contributed by atoms with Gasteiger partial charge < -0.3 is 10.5 Å². The quantitative estimate of drug-likeness (QED) is 0.403. The third-order valence-electron chi connectivity index (χ3n) is 3.63. The third-order valence-corrected chi connectivity index (χ3v) is 3.63. The first-order valence-corrected chi connectivity index (χ1v) is 7.67. The number of hydrogen-bond acceptors (Lipinski definition) is 5. The molecule has 1 amide bonds. The number of pyridine rings is 1. The zero-order valence-corrected chi connectivity index (χ0v) is 13.3. The van der Waals surface area contributed by atoms with Gasteiger partial charge in [-0.1, -0.05) is 0 Å². The van der Waals surface area contributed by atoms with E-state index in [1.165, 1.54) is 12.3 Å². The number of primary amides is 1. The summed E-state index contributed by atoms with van der Waals surface area (Å²) < 4.78 is 7.17. The van der Waals surface area contributed by atoms with Crippen LogP contribution in [0.5, 0.6) is 5.75 Å². The maximum atomic E-state index is 10.8. The summed E-state index contributed by atoms with van der Waals surface area (Å²) in [6.07, 6.45) is 4.04. The SMILES string of the molecule is NC(=O)CCCOc1ccc(-c2cn3cc([N+](=O)[O-])ccc3n2)cc1. The first-order chi connectivity index (χ1) is 12.0. The summed E-state index contributed by atoms with van der Waals surface area (Å²) in [6.45, 7) is 0.417. The maximum Gasteiger partial charge on any atom is 0.286 e. The summed E-state index contributed by atoms with van der Waals surface area (Å²) in [5.41, 5.74) is 7.30. The van der Waals surface area contributed by atoms with Crippen LogP contribution >= 0.6 is 0 Å². The molecule has 0 unspecified atom stereocenters. The molecule has 25 heavy (non-hydrogen) atoms. The summed E-state index contributed by atoms with van der Waals surface area (Å²) in [6, 6.07) is 10.4. The van der Waals surface area contributed by atoms with E-state index in [1.807, 2.05) is 24.3 Å². The molecular formula is C17H16N4O4. The third kappa shape index (κ3) is 3.92. The van der Waals surface area contributed by atoms with Crippen LogP contribution in [0.1, 0.15) is 12.8 Å². The van der Waals surface area contributed by atoms with Crippen LogP contribution in [0.4, 0.5) is 5.69 Å². The molecule has 2 aromatic heterocycles. The Morgan fingerprint density at radius 3 is 2.64 bits per heavy atom. The van der Waals surface area contributed by atoms with Gasteiger partial charge in [0.25, 0.3) is 5.69 Å². The Bertz CT molecular complexity index is 918. The number of nitrogens with two attached hydrogens (primary N) is 1. The Morgan fingerprint density at radius 2 is 1.96 bits per heavy atom. The van der Waals surface area contributed by atoms with E-state index in [9.17, 15) is 14.9 Å². The monoisotopic (exact) mass is 340 g/mol. The average molecular weight is 340 g/mol. The van der Waals surface area contributed by atoms with E-state index in [-0.39, 0.29) is 11.6 Å². The highest BCUT2D eigenvalue weighted by Crippen LogP contribution is 2.23. The number of benzene rings is 1. The van der Waals surface area contributed by atoms with Crippen LogP contribution in [0, 0.1) is 10.1 Å². The Balaban J connectivity index is 1.72. The molecule has 3 rings (SSSR count). The molecule has 8 heteroatoms. The van der Waals surface area contributed by atoms with Gasteiger partial charge in [0.2, 0.25) is 5.91 Å². The van der Waals surface area contributed by atoms with Crippen molar-refractivity contribution >= 4 is 17.2 Å². The van der Waals surface area contributed by atoms with E-state index >= 15 is 0 Å². The molecule has 0 saturated heterocycles. The zero-order chi connectivity index (χ0) is 17.8. The van der Waals surface area contributed by atoms with E-state index < -0.39 is 4.92 Å². The first-order valence-electron chi connectivity index (χ1n) is 7.67. The van der Waals surface area contributed by atoms with Crippen molar-refractivity contribution in [3.8, 4) is 17.0 Å². The van der Waals surface area contributed by atoms with E-state index in [1.54, 1.807) is 16.7 Å². The number of carbonyl (C=O) groups excluding carboxylic acids is 1. The number of ether oxygens (including phenoxy) is 1. The Morgan fingerprint density at radius 1 is 1.20 bits per heavy atom. The van der Waals surface area contributed by atoms with Crippen LogP contribution in [-0.4, -0.2) is 26.8 Å². The number of nitrogens with zero attached hydrogens (tertiary/aromatic N) is 3. The number of amides is 1.